The summed E-state index contributed by atoms with van der Waals surface area (Å²) in [5.74, 6) is -0.916. The number of carboxylic acid groups (broad SMARTS) is 1. The van der Waals surface area contributed by atoms with Gasteiger partial charge < -0.3 is 10.4 Å². The molecule has 9 heteroatoms. The predicted molar refractivity (Wildman–Crippen MR) is 65.0 cm³/mol. The van der Waals surface area contributed by atoms with Crippen LogP contribution in [-0.4, -0.2) is 60.4 Å². The second-order valence-electron chi connectivity index (χ2n) is 3.63. The van der Waals surface area contributed by atoms with Crippen LogP contribution in [0.1, 0.15) is 10.5 Å². The van der Waals surface area contributed by atoms with Crippen molar-refractivity contribution < 1.29 is 18.3 Å². The van der Waals surface area contributed by atoms with Crippen LogP contribution in [0.5, 0.6) is 0 Å². The number of aromatic nitrogens is 2. The molecule has 0 aliphatic rings. The first-order valence-electron chi connectivity index (χ1n) is 5.04. The van der Waals surface area contributed by atoms with Gasteiger partial charge in [0.2, 0.25) is 10.0 Å². The minimum Gasteiger partial charge on any atom is -0.476 e. The number of nitrogens with zero attached hydrogens (tertiary/aromatic N) is 3. The number of hydrogen-bond acceptors (Lipinski definition) is 6. The zero-order valence-electron chi connectivity index (χ0n) is 9.99. The SMILES string of the molecule is CN(C)S(=O)(=O)CCNc1ccc(C(=O)O)nn1. The molecule has 1 aromatic heterocycles. The Morgan fingerprint density at radius 1 is 1.39 bits per heavy atom. The van der Waals surface area contributed by atoms with Gasteiger partial charge in [0.1, 0.15) is 5.82 Å². The van der Waals surface area contributed by atoms with Crippen molar-refractivity contribution in [1.29, 1.82) is 0 Å². The van der Waals surface area contributed by atoms with Crippen LogP contribution in [0.15, 0.2) is 12.1 Å². The van der Waals surface area contributed by atoms with Crippen LogP contribution >= 0.6 is 0 Å². The second-order valence-corrected chi connectivity index (χ2v) is 5.94. The Balaban J connectivity index is 2.52. The van der Waals surface area contributed by atoms with Gasteiger partial charge in [0, 0.05) is 20.6 Å². The van der Waals surface area contributed by atoms with Crippen molar-refractivity contribution >= 4 is 21.8 Å². The first-order chi connectivity index (χ1) is 8.33. The molecule has 2 N–H and O–H groups in total. The monoisotopic (exact) mass is 274 g/mol. The molecule has 18 heavy (non-hydrogen) atoms. The Labute approximate surface area is 105 Å². The highest BCUT2D eigenvalue weighted by Crippen LogP contribution is 2.02. The Hall–Kier alpha value is -1.74. The lowest BCUT2D eigenvalue weighted by atomic mass is 10.4. The van der Waals surface area contributed by atoms with Crippen molar-refractivity contribution in [3.63, 3.8) is 0 Å². The zero-order valence-corrected chi connectivity index (χ0v) is 10.8. The summed E-state index contributed by atoms with van der Waals surface area (Å²) in [6.07, 6.45) is 0. The molecule has 0 aromatic carbocycles. The first kappa shape index (κ1) is 14.3. The van der Waals surface area contributed by atoms with Gasteiger partial charge in [-0.25, -0.2) is 17.5 Å². The van der Waals surface area contributed by atoms with E-state index in [2.05, 4.69) is 15.5 Å². The van der Waals surface area contributed by atoms with E-state index in [1.807, 2.05) is 0 Å². The number of carbonyl (C=O) groups is 1. The highest BCUT2D eigenvalue weighted by Gasteiger charge is 2.12. The number of nitrogens with one attached hydrogen (secondary N) is 1. The molecule has 0 saturated heterocycles. The molecule has 0 aliphatic carbocycles. The maximum absolute atomic E-state index is 11.4. The maximum Gasteiger partial charge on any atom is 0.356 e. The summed E-state index contributed by atoms with van der Waals surface area (Å²) in [4.78, 5) is 10.5. The van der Waals surface area contributed by atoms with Gasteiger partial charge in [-0.05, 0) is 12.1 Å². The average Bonchev–Trinajstić information content (AvgIpc) is 2.29. The van der Waals surface area contributed by atoms with Crippen molar-refractivity contribution in [2.75, 3.05) is 31.7 Å². The number of anilines is 1. The lowest BCUT2D eigenvalue weighted by Gasteiger charge is -2.11. The predicted octanol–water partition coefficient (Wildman–Crippen LogP) is -0.522. The van der Waals surface area contributed by atoms with Gasteiger partial charge in [0.15, 0.2) is 5.69 Å². The van der Waals surface area contributed by atoms with Crippen LogP contribution in [-0.2, 0) is 10.0 Å². The van der Waals surface area contributed by atoms with Gasteiger partial charge >= 0.3 is 5.97 Å². The normalized spacial score (nSPS) is 11.5. The summed E-state index contributed by atoms with van der Waals surface area (Å²) in [6.45, 7) is 0.168. The molecule has 0 saturated carbocycles. The summed E-state index contributed by atoms with van der Waals surface area (Å²) < 4.78 is 24.0. The first-order valence-corrected chi connectivity index (χ1v) is 6.65. The van der Waals surface area contributed by atoms with Crippen molar-refractivity contribution in [3.05, 3.63) is 17.8 Å². The lowest BCUT2D eigenvalue weighted by molar-refractivity contribution is 0.0689. The molecular weight excluding hydrogens is 260 g/mol. The highest BCUT2D eigenvalue weighted by molar-refractivity contribution is 7.89. The van der Waals surface area contributed by atoms with E-state index in [9.17, 15) is 13.2 Å². The third-order valence-corrected chi connectivity index (χ3v) is 3.94. The molecule has 0 amide bonds. The van der Waals surface area contributed by atoms with Gasteiger partial charge in [0.25, 0.3) is 0 Å². The van der Waals surface area contributed by atoms with E-state index in [0.717, 1.165) is 4.31 Å². The molecule has 0 radical (unpaired) electrons. The molecule has 0 aliphatic heterocycles. The van der Waals surface area contributed by atoms with Crippen molar-refractivity contribution in [2.45, 2.75) is 0 Å². The third-order valence-electron chi connectivity index (χ3n) is 2.11. The van der Waals surface area contributed by atoms with E-state index in [0.29, 0.717) is 5.82 Å². The molecule has 8 nitrogen and oxygen atoms in total. The Bertz CT molecular complexity index is 512. The third kappa shape index (κ3) is 3.93. The van der Waals surface area contributed by atoms with Crippen molar-refractivity contribution in [1.82, 2.24) is 14.5 Å². The van der Waals surface area contributed by atoms with E-state index < -0.39 is 16.0 Å². The van der Waals surface area contributed by atoms with Crippen LogP contribution in [0.25, 0.3) is 0 Å². The molecule has 0 spiro atoms. The number of aromatic carboxylic acids is 1. The van der Waals surface area contributed by atoms with Crippen LogP contribution in [0.2, 0.25) is 0 Å². The second kappa shape index (κ2) is 5.74. The van der Waals surface area contributed by atoms with Crippen molar-refractivity contribution in [2.24, 2.45) is 0 Å². The van der Waals surface area contributed by atoms with E-state index in [1.54, 1.807) is 0 Å². The summed E-state index contributed by atoms with van der Waals surface area (Å²) in [7, 11) is -0.351. The number of sulfonamides is 1. The lowest BCUT2D eigenvalue weighted by Crippen LogP contribution is -2.28. The molecule has 0 bridgehead atoms. The number of hydrogen-bond donors (Lipinski definition) is 2. The summed E-state index contributed by atoms with van der Waals surface area (Å²) >= 11 is 0. The van der Waals surface area contributed by atoms with Crippen LogP contribution < -0.4 is 5.32 Å². The van der Waals surface area contributed by atoms with Gasteiger partial charge in [-0.2, -0.15) is 0 Å². The summed E-state index contributed by atoms with van der Waals surface area (Å²) in [5, 5.41) is 18.4. The van der Waals surface area contributed by atoms with E-state index in [4.69, 9.17) is 5.11 Å². The quantitative estimate of drug-likeness (QED) is 0.717. The molecular formula is C9H14N4O4S. The topological polar surface area (TPSA) is 112 Å². The van der Waals surface area contributed by atoms with Gasteiger partial charge in [-0.1, -0.05) is 0 Å². The van der Waals surface area contributed by atoms with Gasteiger partial charge in [-0.15, -0.1) is 10.2 Å². The summed E-state index contributed by atoms with van der Waals surface area (Å²) in [6, 6.07) is 2.72. The standard InChI is InChI=1S/C9H14N4O4S/c1-13(2)18(16,17)6-5-10-8-4-3-7(9(14)15)11-12-8/h3-4H,5-6H2,1-2H3,(H,10,12)(H,14,15). The van der Waals surface area contributed by atoms with E-state index in [-0.39, 0.29) is 18.0 Å². The smallest absolute Gasteiger partial charge is 0.356 e. The Morgan fingerprint density at radius 3 is 2.50 bits per heavy atom. The Morgan fingerprint density at radius 2 is 2.06 bits per heavy atom. The van der Waals surface area contributed by atoms with Gasteiger partial charge in [0.05, 0.1) is 5.75 Å². The molecule has 0 atom stereocenters. The van der Waals surface area contributed by atoms with E-state index in [1.165, 1.54) is 26.2 Å². The average molecular weight is 274 g/mol. The fourth-order valence-electron chi connectivity index (χ4n) is 1.03. The number of carboxylic acids is 1. The van der Waals surface area contributed by atoms with Crippen LogP contribution in [0, 0.1) is 0 Å². The molecule has 1 aromatic rings. The molecule has 100 valence electrons. The molecule has 0 unspecified atom stereocenters. The maximum atomic E-state index is 11.4. The summed E-state index contributed by atoms with van der Waals surface area (Å²) in [5.41, 5.74) is -0.165. The minimum atomic E-state index is -3.26. The minimum absolute atomic E-state index is 0.0810. The van der Waals surface area contributed by atoms with E-state index >= 15 is 0 Å². The fraction of sp³-hybridized carbons (Fsp3) is 0.444. The molecule has 0 fully saturated rings. The van der Waals surface area contributed by atoms with Crippen molar-refractivity contribution in [3.8, 4) is 0 Å². The molecule has 1 rings (SSSR count). The van der Waals surface area contributed by atoms with Crippen LogP contribution in [0.3, 0.4) is 0 Å². The zero-order chi connectivity index (χ0) is 13.8. The van der Waals surface area contributed by atoms with Crippen LogP contribution in [0.4, 0.5) is 5.82 Å². The number of rotatable bonds is 6. The largest absolute Gasteiger partial charge is 0.476 e. The fourth-order valence-corrected chi connectivity index (χ4v) is 1.76. The highest BCUT2D eigenvalue weighted by atomic mass is 32.2. The Kier molecular flexibility index (Phi) is 4.56. The van der Waals surface area contributed by atoms with Gasteiger partial charge in [-0.3, -0.25) is 0 Å². The molecule has 1 heterocycles.